The fourth-order valence-electron chi connectivity index (χ4n) is 5.24. The molecule has 0 aromatic heterocycles. The van der Waals surface area contributed by atoms with Gasteiger partial charge in [-0.1, -0.05) is 89.7 Å². The molecular formula is C31H44N2O4. The first kappa shape index (κ1) is 28.7. The van der Waals surface area contributed by atoms with Crippen LogP contribution in [0.25, 0.3) is 10.8 Å². The topological polar surface area (TPSA) is 86.7 Å². The quantitative estimate of drug-likeness (QED) is 0.149. The predicted octanol–water partition coefficient (Wildman–Crippen LogP) is 7.80. The van der Waals surface area contributed by atoms with Crippen LogP contribution in [0.2, 0.25) is 0 Å². The Morgan fingerprint density at radius 1 is 0.757 bits per heavy atom. The first-order valence-electron chi connectivity index (χ1n) is 14.4. The van der Waals surface area contributed by atoms with Gasteiger partial charge in [-0.25, -0.2) is 0 Å². The molecule has 1 aliphatic heterocycles. The van der Waals surface area contributed by atoms with Crippen molar-refractivity contribution in [2.24, 2.45) is 0 Å². The first-order chi connectivity index (χ1) is 18.0. The molecule has 2 aromatic carbocycles. The molecule has 2 aromatic rings. The van der Waals surface area contributed by atoms with Crippen LogP contribution in [0.15, 0.2) is 30.3 Å². The average Bonchev–Trinajstić information content (AvgIpc) is 2.89. The van der Waals surface area contributed by atoms with Crippen LogP contribution in [0.4, 0.5) is 5.69 Å². The maximum atomic E-state index is 13.2. The third kappa shape index (κ3) is 8.31. The Kier molecular flexibility index (Phi) is 11.9. The van der Waals surface area contributed by atoms with Crippen molar-refractivity contribution in [1.82, 2.24) is 4.90 Å². The zero-order valence-corrected chi connectivity index (χ0v) is 22.5. The molecule has 0 fully saturated rings. The van der Waals surface area contributed by atoms with E-state index in [0.29, 0.717) is 24.1 Å². The van der Waals surface area contributed by atoms with Crippen molar-refractivity contribution in [1.29, 1.82) is 0 Å². The molecule has 6 heteroatoms. The van der Waals surface area contributed by atoms with Crippen molar-refractivity contribution in [2.45, 2.75) is 103 Å². The lowest BCUT2D eigenvalue weighted by molar-refractivity contribution is -0.137. The zero-order chi connectivity index (χ0) is 26.5. The van der Waals surface area contributed by atoms with E-state index in [9.17, 15) is 14.4 Å². The molecule has 37 heavy (non-hydrogen) atoms. The highest BCUT2D eigenvalue weighted by Crippen LogP contribution is 2.34. The number of aliphatic carboxylic acids is 1. The number of rotatable bonds is 19. The van der Waals surface area contributed by atoms with Crippen LogP contribution in [0.3, 0.4) is 0 Å². The summed E-state index contributed by atoms with van der Waals surface area (Å²) in [6.45, 7) is 3.53. The van der Waals surface area contributed by atoms with Crippen molar-refractivity contribution in [3.63, 3.8) is 0 Å². The van der Waals surface area contributed by atoms with Gasteiger partial charge in [-0.15, -0.1) is 0 Å². The second kappa shape index (κ2) is 15.4. The third-order valence-corrected chi connectivity index (χ3v) is 7.36. The van der Waals surface area contributed by atoms with E-state index in [-0.39, 0.29) is 18.2 Å². The second-order valence-electron chi connectivity index (χ2n) is 10.3. The maximum absolute atomic E-state index is 13.2. The fraction of sp³-hybridized carbons (Fsp3) is 0.581. The molecule has 0 atom stereocenters. The Hall–Kier alpha value is -2.89. The highest BCUT2D eigenvalue weighted by atomic mass is 16.4. The van der Waals surface area contributed by atoms with Crippen molar-refractivity contribution in [3.05, 3.63) is 41.5 Å². The number of unbranched alkanes of at least 4 members (excludes halogenated alkanes) is 12. The van der Waals surface area contributed by atoms with E-state index in [4.69, 9.17) is 5.11 Å². The molecule has 2 N–H and O–H groups in total. The van der Waals surface area contributed by atoms with Crippen LogP contribution in [-0.4, -0.2) is 40.9 Å². The van der Waals surface area contributed by atoms with Crippen molar-refractivity contribution in [2.75, 3.05) is 18.4 Å². The van der Waals surface area contributed by atoms with Gasteiger partial charge < -0.3 is 10.4 Å². The van der Waals surface area contributed by atoms with Crippen LogP contribution in [0.1, 0.15) is 124 Å². The Morgan fingerprint density at radius 3 is 2.03 bits per heavy atom. The first-order valence-corrected chi connectivity index (χ1v) is 14.4. The van der Waals surface area contributed by atoms with E-state index in [1.807, 2.05) is 30.3 Å². The van der Waals surface area contributed by atoms with Crippen LogP contribution < -0.4 is 5.32 Å². The van der Waals surface area contributed by atoms with Crippen molar-refractivity contribution < 1.29 is 19.5 Å². The summed E-state index contributed by atoms with van der Waals surface area (Å²) in [7, 11) is 0. The van der Waals surface area contributed by atoms with Gasteiger partial charge in [0.2, 0.25) is 0 Å². The Balaban J connectivity index is 1.50. The minimum atomic E-state index is -0.765. The summed E-state index contributed by atoms with van der Waals surface area (Å²) in [5.41, 5.74) is 2.18. The molecular weight excluding hydrogens is 464 g/mol. The molecule has 0 radical (unpaired) electrons. The van der Waals surface area contributed by atoms with Gasteiger partial charge in [0.05, 0.1) is 0 Å². The number of benzene rings is 2. The molecule has 0 saturated carbocycles. The molecule has 0 saturated heterocycles. The smallest absolute Gasteiger partial charge is 0.303 e. The van der Waals surface area contributed by atoms with E-state index in [2.05, 4.69) is 12.2 Å². The number of nitrogens with zero attached hydrogens (tertiary/aromatic N) is 1. The van der Waals surface area contributed by atoms with Gasteiger partial charge in [0, 0.05) is 47.1 Å². The normalized spacial score (nSPS) is 12.9. The lowest BCUT2D eigenvalue weighted by Crippen LogP contribution is -2.40. The summed E-state index contributed by atoms with van der Waals surface area (Å²) in [6.07, 6.45) is 15.8. The number of hydrogen-bond donors (Lipinski definition) is 2. The summed E-state index contributed by atoms with van der Waals surface area (Å²) >= 11 is 0. The number of carbonyl (C=O) groups excluding carboxylic acids is 2. The van der Waals surface area contributed by atoms with Gasteiger partial charge in [0.1, 0.15) is 0 Å². The van der Waals surface area contributed by atoms with Gasteiger partial charge in [-0.2, -0.15) is 0 Å². The Morgan fingerprint density at radius 2 is 1.35 bits per heavy atom. The molecule has 0 aliphatic carbocycles. The summed E-state index contributed by atoms with van der Waals surface area (Å²) in [5.74, 6) is -1.20. The van der Waals surface area contributed by atoms with Gasteiger partial charge in [-0.3, -0.25) is 19.3 Å². The zero-order valence-electron chi connectivity index (χ0n) is 22.5. The third-order valence-electron chi connectivity index (χ3n) is 7.36. The number of anilines is 1. The molecule has 2 amide bonds. The second-order valence-corrected chi connectivity index (χ2v) is 10.3. The largest absolute Gasteiger partial charge is 0.481 e. The monoisotopic (exact) mass is 508 g/mol. The van der Waals surface area contributed by atoms with E-state index in [1.54, 1.807) is 0 Å². The van der Waals surface area contributed by atoms with Crippen molar-refractivity contribution >= 4 is 34.2 Å². The summed E-state index contributed by atoms with van der Waals surface area (Å²) in [6, 6.07) is 9.55. The molecule has 0 unspecified atom stereocenters. The summed E-state index contributed by atoms with van der Waals surface area (Å²) in [4.78, 5) is 38.5. The van der Waals surface area contributed by atoms with Gasteiger partial charge in [0.15, 0.2) is 0 Å². The van der Waals surface area contributed by atoms with Crippen molar-refractivity contribution in [3.8, 4) is 0 Å². The highest BCUT2D eigenvalue weighted by Gasteiger charge is 2.32. The van der Waals surface area contributed by atoms with Gasteiger partial charge in [-0.05, 0) is 37.5 Å². The SMILES string of the molecule is CCCCCCCCCCCNc1ccc2c3c(cccc13)C(=O)N(CCCCCCCC(=O)O)C2=O. The lowest BCUT2D eigenvalue weighted by Gasteiger charge is -2.28. The molecule has 3 rings (SSSR count). The molecule has 0 spiro atoms. The summed E-state index contributed by atoms with van der Waals surface area (Å²) in [5, 5.41) is 14.0. The molecule has 0 bridgehead atoms. The average molecular weight is 509 g/mol. The fourth-order valence-corrected chi connectivity index (χ4v) is 5.24. The number of carbonyl (C=O) groups is 3. The Bertz CT molecular complexity index is 1030. The van der Waals surface area contributed by atoms with E-state index in [1.165, 1.54) is 56.3 Å². The number of carboxylic acids is 1. The minimum absolute atomic E-state index is 0.194. The van der Waals surface area contributed by atoms with Crippen LogP contribution >= 0.6 is 0 Å². The van der Waals surface area contributed by atoms with Crippen LogP contribution in [-0.2, 0) is 4.79 Å². The molecule has 6 nitrogen and oxygen atoms in total. The standard InChI is InChI=1S/C31H44N2O4/c1-2-3-4-5-6-7-8-11-14-22-32-27-21-20-26-29-24(27)17-16-18-25(29)30(36)33(31(26)37)23-15-12-9-10-13-19-28(34)35/h16-18,20-21,32H,2-15,19,22-23H2,1H3,(H,34,35). The molecule has 1 aliphatic rings. The molecule has 202 valence electrons. The molecule has 1 heterocycles. The maximum Gasteiger partial charge on any atom is 0.303 e. The number of imide groups is 1. The minimum Gasteiger partial charge on any atom is -0.481 e. The van der Waals surface area contributed by atoms with Gasteiger partial charge >= 0.3 is 5.97 Å². The number of nitrogens with one attached hydrogen (secondary N) is 1. The summed E-state index contributed by atoms with van der Waals surface area (Å²) < 4.78 is 0. The number of amides is 2. The van der Waals surface area contributed by atoms with E-state index < -0.39 is 5.97 Å². The predicted molar refractivity (Wildman–Crippen MR) is 150 cm³/mol. The van der Waals surface area contributed by atoms with E-state index in [0.717, 1.165) is 55.1 Å². The lowest BCUT2D eigenvalue weighted by atomic mass is 9.92. The van der Waals surface area contributed by atoms with Crippen LogP contribution in [0, 0.1) is 0 Å². The number of carboxylic acid groups (broad SMARTS) is 1. The van der Waals surface area contributed by atoms with Crippen LogP contribution in [0.5, 0.6) is 0 Å². The number of hydrogen-bond acceptors (Lipinski definition) is 4. The van der Waals surface area contributed by atoms with E-state index >= 15 is 0 Å². The highest BCUT2D eigenvalue weighted by molar-refractivity contribution is 6.26. The van der Waals surface area contributed by atoms with Gasteiger partial charge in [0.25, 0.3) is 11.8 Å². The Labute approximate surface area is 221 Å².